The molecule has 0 bridgehead atoms. The molecular weight excluding hydrogens is 406 g/mol. The van der Waals surface area contributed by atoms with E-state index in [-0.39, 0.29) is 21.1 Å². The van der Waals surface area contributed by atoms with Crippen molar-refractivity contribution < 1.29 is 38.4 Å². The Hall–Kier alpha value is -0.721. The molecule has 0 aromatic heterocycles. The molecule has 5 atom stereocenters. The van der Waals surface area contributed by atoms with Gasteiger partial charge in [-0.2, -0.15) is 0 Å². The van der Waals surface area contributed by atoms with Gasteiger partial charge in [0, 0.05) is 0 Å². The number of aliphatic hydroxyl groups excluding tert-OH is 1. The van der Waals surface area contributed by atoms with E-state index in [0.717, 1.165) is 0 Å². The molecule has 1 aliphatic heterocycles. The van der Waals surface area contributed by atoms with Crippen LogP contribution in [-0.4, -0.2) is 86.9 Å². The van der Waals surface area contributed by atoms with E-state index in [1.807, 2.05) is 0 Å². The van der Waals surface area contributed by atoms with Crippen molar-refractivity contribution in [3.63, 3.8) is 0 Å². The van der Waals surface area contributed by atoms with E-state index >= 15 is 0 Å². The molecule has 24 heavy (non-hydrogen) atoms. The summed E-state index contributed by atoms with van der Waals surface area (Å²) in [4.78, 5) is 34.4. The Morgan fingerprint density at radius 1 is 0.958 bits per heavy atom. The zero-order valence-corrected chi connectivity index (χ0v) is 16.9. The molecule has 0 aromatic rings. The fourth-order valence-electron chi connectivity index (χ4n) is 2.29. The van der Waals surface area contributed by atoms with Gasteiger partial charge in [-0.1, -0.05) is 0 Å². The molecule has 10 heteroatoms. The number of carbonyl (C=O) groups is 3. The van der Waals surface area contributed by atoms with Crippen molar-refractivity contribution in [2.24, 2.45) is 0 Å². The average molecular weight is 429 g/mol. The molecule has 138 valence electrons. The molecule has 0 radical (unpaired) electrons. The molecule has 0 amide bonds. The number of rotatable bonds is 6. The molecule has 1 aliphatic rings. The molecule has 1 rings (SSSR count). The average Bonchev–Trinajstić information content (AvgIpc) is 2.42. The van der Waals surface area contributed by atoms with Crippen LogP contribution in [0.4, 0.5) is 0 Å². The van der Waals surface area contributed by atoms with Gasteiger partial charge in [-0.3, -0.25) is 0 Å². The van der Waals surface area contributed by atoms with Gasteiger partial charge < -0.3 is 0 Å². The number of ether oxygens (including phenoxy) is 4. The van der Waals surface area contributed by atoms with Crippen LogP contribution < -0.4 is 0 Å². The van der Waals surface area contributed by atoms with Crippen LogP contribution in [0, 0.1) is 0 Å². The first-order chi connectivity index (χ1) is 11.1. The summed E-state index contributed by atoms with van der Waals surface area (Å²) in [5, 5.41) is 9.09. The van der Waals surface area contributed by atoms with E-state index in [2.05, 4.69) is 13.3 Å². The summed E-state index contributed by atoms with van der Waals surface area (Å²) in [7, 11) is 0. The first kappa shape index (κ1) is 21.3. The summed E-state index contributed by atoms with van der Waals surface area (Å²) in [6.45, 7) is 7.00. The Bertz CT molecular complexity index is 472. The fraction of sp³-hybridized carbons (Fsp3) is 0.786. The van der Waals surface area contributed by atoms with Gasteiger partial charge in [0.1, 0.15) is 0 Å². The second-order valence-electron chi connectivity index (χ2n) is 5.37. The monoisotopic (exact) mass is 430 g/mol. The van der Waals surface area contributed by atoms with Crippen LogP contribution in [0.15, 0.2) is 0 Å². The van der Waals surface area contributed by atoms with Crippen LogP contribution in [0.1, 0.15) is 20.8 Å². The molecule has 0 aromatic carbocycles. The fourth-order valence-corrected chi connectivity index (χ4v) is 7.30. The van der Waals surface area contributed by atoms with E-state index < -0.39 is 53.9 Å². The van der Waals surface area contributed by atoms with Crippen molar-refractivity contribution in [2.45, 2.75) is 50.2 Å². The van der Waals surface area contributed by atoms with Gasteiger partial charge in [-0.15, -0.1) is 0 Å². The third kappa shape index (κ3) is 6.30. The maximum absolute atomic E-state index is 11.5. The first-order valence-corrected chi connectivity index (χ1v) is 12.7. The van der Waals surface area contributed by atoms with E-state index in [0.29, 0.717) is 0 Å². The molecule has 1 fully saturated rings. The van der Waals surface area contributed by atoms with Crippen molar-refractivity contribution in [3.8, 4) is 0 Å². The normalized spacial score (nSPS) is 29.9. The summed E-state index contributed by atoms with van der Waals surface area (Å²) in [5.41, 5.74) is 0. The van der Waals surface area contributed by atoms with Crippen LogP contribution in [0.5, 0.6) is 0 Å². The summed E-state index contributed by atoms with van der Waals surface area (Å²) >= 11 is -0.0531. The van der Waals surface area contributed by atoms with Crippen molar-refractivity contribution in [1.29, 1.82) is 0 Å². The van der Waals surface area contributed by atoms with Gasteiger partial charge >= 0.3 is 148 Å². The quantitative estimate of drug-likeness (QED) is 0.269. The van der Waals surface area contributed by atoms with Gasteiger partial charge in [-0.05, 0) is 0 Å². The number of hydrogen-bond acceptors (Lipinski definition) is 8. The summed E-state index contributed by atoms with van der Waals surface area (Å²) in [6.07, 6.45) is -3.81. The standard InChI is InChI=1S/C14H23O8PSe/c1-7(16)19-11-10(6-15)22-14(24-23(4)5)13(21-9(3)18)12(11)20-8(2)17/h10-15H,6H2,1-5H3. The Labute approximate surface area is 148 Å². The number of aliphatic hydroxyl groups is 1. The topological polar surface area (TPSA) is 108 Å². The third-order valence-electron chi connectivity index (χ3n) is 2.99. The van der Waals surface area contributed by atoms with Gasteiger partial charge in [0.15, 0.2) is 0 Å². The molecule has 0 saturated carbocycles. The second kappa shape index (κ2) is 9.68. The van der Waals surface area contributed by atoms with E-state index in [9.17, 15) is 19.5 Å². The zero-order chi connectivity index (χ0) is 18.4. The van der Waals surface area contributed by atoms with Crippen LogP contribution >= 0.6 is 6.61 Å². The van der Waals surface area contributed by atoms with Crippen molar-refractivity contribution in [3.05, 3.63) is 0 Å². The van der Waals surface area contributed by atoms with Crippen LogP contribution in [0.2, 0.25) is 0 Å². The summed E-state index contributed by atoms with van der Waals surface area (Å²) < 4.78 is 21.7. The van der Waals surface area contributed by atoms with E-state index in [1.165, 1.54) is 20.8 Å². The van der Waals surface area contributed by atoms with Crippen molar-refractivity contribution in [1.82, 2.24) is 0 Å². The molecule has 1 heterocycles. The molecule has 0 spiro atoms. The predicted molar refractivity (Wildman–Crippen MR) is 86.9 cm³/mol. The number of carbonyl (C=O) groups excluding carboxylic acids is 3. The molecular formula is C14H23O8PSe. The van der Waals surface area contributed by atoms with Gasteiger partial charge in [0.25, 0.3) is 0 Å². The van der Waals surface area contributed by atoms with Gasteiger partial charge in [0.05, 0.1) is 0 Å². The molecule has 1 saturated heterocycles. The minimum atomic E-state index is -1.05. The molecule has 5 unspecified atom stereocenters. The Morgan fingerprint density at radius 2 is 1.42 bits per heavy atom. The zero-order valence-electron chi connectivity index (χ0n) is 14.3. The third-order valence-corrected chi connectivity index (χ3v) is 8.38. The van der Waals surface area contributed by atoms with Crippen molar-refractivity contribution in [2.75, 3.05) is 19.9 Å². The molecule has 1 N–H and O–H groups in total. The summed E-state index contributed by atoms with van der Waals surface area (Å²) in [6, 6.07) is 0. The Morgan fingerprint density at radius 3 is 1.83 bits per heavy atom. The van der Waals surface area contributed by atoms with Gasteiger partial charge in [0.2, 0.25) is 0 Å². The molecule has 0 aliphatic carbocycles. The van der Waals surface area contributed by atoms with Crippen molar-refractivity contribution >= 4 is 39.0 Å². The van der Waals surface area contributed by atoms with Crippen LogP contribution in [0.25, 0.3) is 0 Å². The predicted octanol–water partition coefficient (Wildman–Crippen LogP) is -0.141. The SMILES string of the molecule is CC(=O)OC1C(CO)OC([Se]P(C)C)C(OC(C)=O)C1OC(C)=O. The molecule has 8 nitrogen and oxygen atoms in total. The first-order valence-electron chi connectivity index (χ1n) is 7.27. The second-order valence-corrected chi connectivity index (χ2v) is 14.1. The van der Waals surface area contributed by atoms with Crippen LogP contribution in [-0.2, 0) is 33.3 Å². The van der Waals surface area contributed by atoms with Crippen LogP contribution in [0.3, 0.4) is 0 Å². The number of esters is 3. The minimum absolute atomic E-state index is 0.0531. The number of hydrogen-bond donors (Lipinski definition) is 1. The summed E-state index contributed by atoms with van der Waals surface area (Å²) in [5.74, 6) is -1.77. The van der Waals surface area contributed by atoms with Gasteiger partial charge in [-0.25, -0.2) is 0 Å². The van der Waals surface area contributed by atoms with E-state index in [4.69, 9.17) is 18.9 Å². The maximum atomic E-state index is 11.5. The Kier molecular flexibility index (Phi) is 8.60. The van der Waals surface area contributed by atoms with E-state index in [1.54, 1.807) is 0 Å². The Balaban J connectivity index is 3.20.